The van der Waals surface area contributed by atoms with Crippen LogP contribution < -0.4 is 5.32 Å². The van der Waals surface area contributed by atoms with E-state index in [-0.39, 0.29) is 25.3 Å². The molecule has 1 rings (SSSR count). The molecule has 1 aromatic carbocycles. The number of amides is 1. The van der Waals surface area contributed by atoms with Crippen molar-refractivity contribution in [1.82, 2.24) is 5.32 Å². The van der Waals surface area contributed by atoms with Crippen molar-refractivity contribution in [2.24, 2.45) is 0 Å². The maximum Gasteiger partial charge on any atom is 0.303 e. The fourth-order valence-corrected chi connectivity index (χ4v) is 1.38. The van der Waals surface area contributed by atoms with E-state index in [0.717, 1.165) is 0 Å². The van der Waals surface area contributed by atoms with Gasteiger partial charge in [0.15, 0.2) is 0 Å². The van der Waals surface area contributed by atoms with Crippen LogP contribution in [0.25, 0.3) is 0 Å². The van der Waals surface area contributed by atoms with Gasteiger partial charge in [0.2, 0.25) is 5.91 Å². The third kappa shape index (κ3) is 5.68. The maximum atomic E-state index is 13.6. The predicted molar refractivity (Wildman–Crippen MR) is 67.9 cm³/mol. The summed E-state index contributed by atoms with van der Waals surface area (Å²) in [5.41, 5.74) is 0.844. The van der Waals surface area contributed by atoms with Crippen LogP contribution in [-0.4, -0.2) is 23.5 Å². The van der Waals surface area contributed by atoms with Gasteiger partial charge in [-0.15, -0.1) is 0 Å². The Morgan fingerprint density at radius 1 is 1.42 bits per heavy atom. The van der Waals surface area contributed by atoms with E-state index < -0.39 is 11.8 Å². The molecule has 2 N–H and O–H groups in total. The molecule has 19 heavy (non-hydrogen) atoms. The van der Waals surface area contributed by atoms with E-state index in [2.05, 4.69) is 17.2 Å². The highest BCUT2D eigenvalue weighted by Gasteiger charge is 2.05. The quantitative estimate of drug-likeness (QED) is 0.805. The zero-order valence-corrected chi connectivity index (χ0v) is 10.5. The first-order valence-electron chi connectivity index (χ1n) is 5.72. The standard InChI is InChI=1S/C14H14FNO3/c1-10(17)16-8-2-3-11-4-5-12(13(15)9-11)6-7-14(18)19/h4-5,9H,6-8H2,1H3,(H,16,17)(H,18,19). The van der Waals surface area contributed by atoms with Crippen LogP contribution in [0.2, 0.25) is 0 Å². The number of carboxylic acids is 1. The lowest BCUT2D eigenvalue weighted by atomic mass is 10.1. The van der Waals surface area contributed by atoms with Gasteiger partial charge in [-0.2, -0.15) is 0 Å². The number of aryl methyl sites for hydroxylation is 1. The summed E-state index contributed by atoms with van der Waals surface area (Å²) in [6, 6.07) is 4.42. The molecule has 0 radical (unpaired) electrons. The molecule has 0 aromatic heterocycles. The van der Waals surface area contributed by atoms with Gasteiger partial charge in [-0.3, -0.25) is 9.59 Å². The minimum absolute atomic E-state index is 0.107. The molecular formula is C14H14FNO3. The Labute approximate surface area is 110 Å². The lowest BCUT2D eigenvalue weighted by molar-refractivity contribution is -0.137. The number of benzene rings is 1. The van der Waals surface area contributed by atoms with Crippen LogP contribution in [0.4, 0.5) is 4.39 Å². The molecule has 0 bridgehead atoms. The van der Waals surface area contributed by atoms with Crippen LogP contribution in [-0.2, 0) is 16.0 Å². The summed E-state index contributed by atoms with van der Waals surface area (Å²) < 4.78 is 13.6. The molecule has 0 heterocycles. The summed E-state index contributed by atoms with van der Waals surface area (Å²) in [4.78, 5) is 21.0. The van der Waals surface area contributed by atoms with Crippen molar-refractivity contribution in [3.8, 4) is 11.8 Å². The van der Waals surface area contributed by atoms with Crippen LogP contribution in [0.3, 0.4) is 0 Å². The minimum atomic E-state index is -0.960. The molecule has 100 valence electrons. The number of halogens is 1. The van der Waals surface area contributed by atoms with Crippen molar-refractivity contribution < 1.29 is 19.1 Å². The van der Waals surface area contributed by atoms with E-state index in [1.807, 2.05) is 0 Å². The molecule has 4 nitrogen and oxygen atoms in total. The number of rotatable bonds is 4. The highest BCUT2D eigenvalue weighted by atomic mass is 19.1. The topological polar surface area (TPSA) is 66.4 Å². The average molecular weight is 263 g/mol. The van der Waals surface area contributed by atoms with E-state index in [4.69, 9.17) is 5.11 Å². The summed E-state index contributed by atoms with van der Waals surface area (Å²) >= 11 is 0. The van der Waals surface area contributed by atoms with Gasteiger partial charge in [-0.25, -0.2) is 4.39 Å². The van der Waals surface area contributed by atoms with E-state index in [9.17, 15) is 14.0 Å². The molecule has 0 spiro atoms. The molecule has 1 aromatic rings. The summed E-state index contributed by atoms with van der Waals surface area (Å²) in [7, 11) is 0. The number of aliphatic carboxylic acids is 1. The predicted octanol–water partition coefficient (Wildman–Crippen LogP) is 1.33. The second-order valence-corrected chi connectivity index (χ2v) is 3.91. The van der Waals surface area contributed by atoms with Crippen molar-refractivity contribution in [3.63, 3.8) is 0 Å². The molecule has 1 amide bonds. The first-order valence-corrected chi connectivity index (χ1v) is 5.72. The average Bonchev–Trinajstić information content (AvgIpc) is 2.33. The van der Waals surface area contributed by atoms with Crippen molar-refractivity contribution >= 4 is 11.9 Å². The van der Waals surface area contributed by atoms with Crippen molar-refractivity contribution in [2.75, 3.05) is 6.54 Å². The highest BCUT2D eigenvalue weighted by molar-refractivity contribution is 5.73. The Morgan fingerprint density at radius 2 is 2.16 bits per heavy atom. The Morgan fingerprint density at radius 3 is 2.74 bits per heavy atom. The van der Waals surface area contributed by atoms with Gasteiger partial charge < -0.3 is 10.4 Å². The van der Waals surface area contributed by atoms with Gasteiger partial charge >= 0.3 is 5.97 Å². The second kappa shape index (κ2) is 7.17. The fraction of sp³-hybridized carbons (Fsp3) is 0.286. The molecule has 5 heteroatoms. The van der Waals surface area contributed by atoms with Crippen LogP contribution in [0.15, 0.2) is 18.2 Å². The van der Waals surface area contributed by atoms with Crippen molar-refractivity contribution in [3.05, 3.63) is 35.1 Å². The zero-order valence-electron chi connectivity index (χ0n) is 10.5. The number of carbonyl (C=O) groups excluding carboxylic acids is 1. The Hall–Kier alpha value is -2.35. The van der Waals surface area contributed by atoms with Crippen molar-refractivity contribution in [1.29, 1.82) is 0 Å². The summed E-state index contributed by atoms with van der Waals surface area (Å²) in [5.74, 6) is 3.80. The van der Waals surface area contributed by atoms with Gasteiger partial charge in [0.1, 0.15) is 5.82 Å². The van der Waals surface area contributed by atoms with Crippen LogP contribution >= 0.6 is 0 Å². The summed E-state index contributed by atoms with van der Waals surface area (Å²) in [6.45, 7) is 1.59. The number of carbonyl (C=O) groups is 2. The molecule has 0 saturated heterocycles. The van der Waals surface area contributed by atoms with E-state index in [1.165, 1.54) is 19.1 Å². The number of hydrogen-bond donors (Lipinski definition) is 2. The smallest absolute Gasteiger partial charge is 0.303 e. The molecule has 0 atom stereocenters. The van der Waals surface area contributed by atoms with E-state index >= 15 is 0 Å². The van der Waals surface area contributed by atoms with Gasteiger partial charge in [0.25, 0.3) is 0 Å². The highest BCUT2D eigenvalue weighted by Crippen LogP contribution is 2.11. The first kappa shape index (κ1) is 14.7. The number of hydrogen-bond acceptors (Lipinski definition) is 2. The van der Waals surface area contributed by atoms with Crippen LogP contribution in [0.5, 0.6) is 0 Å². The lowest BCUT2D eigenvalue weighted by Gasteiger charge is -2.01. The van der Waals surface area contributed by atoms with Gasteiger partial charge in [-0.05, 0) is 24.1 Å². The number of nitrogens with one attached hydrogen (secondary N) is 1. The monoisotopic (exact) mass is 263 g/mol. The zero-order chi connectivity index (χ0) is 14.3. The molecule has 0 saturated carbocycles. The molecule has 0 aliphatic rings. The Bertz CT molecular complexity index is 543. The lowest BCUT2D eigenvalue weighted by Crippen LogP contribution is -2.19. The molecule has 0 aliphatic carbocycles. The largest absolute Gasteiger partial charge is 0.481 e. The second-order valence-electron chi connectivity index (χ2n) is 3.91. The molecular weight excluding hydrogens is 249 g/mol. The summed E-state index contributed by atoms with van der Waals surface area (Å²) in [5, 5.41) is 11.0. The number of carboxylic acid groups (broad SMARTS) is 1. The van der Waals surface area contributed by atoms with Gasteiger partial charge in [0, 0.05) is 18.9 Å². The fourth-order valence-electron chi connectivity index (χ4n) is 1.38. The normalized spacial score (nSPS) is 9.37. The SMILES string of the molecule is CC(=O)NCC#Cc1ccc(CCC(=O)O)c(F)c1. The van der Waals surface area contributed by atoms with E-state index in [0.29, 0.717) is 11.1 Å². The van der Waals surface area contributed by atoms with Crippen LogP contribution in [0.1, 0.15) is 24.5 Å². The third-order valence-corrected chi connectivity index (χ3v) is 2.32. The third-order valence-electron chi connectivity index (χ3n) is 2.32. The molecule has 0 fully saturated rings. The van der Waals surface area contributed by atoms with Crippen LogP contribution in [0, 0.1) is 17.7 Å². The molecule has 0 aliphatic heterocycles. The Balaban J connectivity index is 2.65. The Kier molecular flexibility index (Phi) is 5.55. The first-order chi connectivity index (χ1) is 8.99. The molecule has 0 unspecified atom stereocenters. The van der Waals surface area contributed by atoms with Crippen molar-refractivity contribution in [2.45, 2.75) is 19.8 Å². The minimum Gasteiger partial charge on any atom is -0.481 e. The summed E-state index contributed by atoms with van der Waals surface area (Å²) in [6.07, 6.45) is 0.0469. The van der Waals surface area contributed by atoms with Gasteiger partial charge in [-0.1, -0.05) is 17.9 Å². The van der Waals surface area contributed by atoms with Gasteiger partial charge in [0.05, 0.1) is 6.54 Å². The maximum absolute atomic E-state index is 13.6. The van der Waals surface area contributed by atoms with E-state index in [1.54, 1.807) is 6.07 Å².